The van der Waals surface area contributed by atoms with Crippen LogP contribution < -0.4 is 5.43 Å². The first-order valence-electron chi connectivity index (χ1n) is 3.83. The molecule has 0 spiro atoms. The molecule has 0 radical (unpaired) electrons. The second-order valence-electron chi connectivity index (χ2n) is 2.73. The molecule has 0 saturated heterocycles. The molecule has 4 heteroatoms. The van der Waals surface area contributed by atoms with E-state index in [0.717, 1.165) is 6.26 Å². The van der Waals surface area contributed by atoms with E-state index < -0.39 is 0 Å². The molecule has 14 heavy (non-hydrogen) atoms. The van der Waals surface area contributed by atoms with E-state index >= 15 is 0 Å². The van der Waals surface area contributed by atoms with Crippen LogP contribution in [0.15, 0.2) is 33.7 Å². The molecule has 1 aromatic carbocycles. The molecule has 1 heterocycles. The van der Waals surface area contributed by atoms with Gasteiger partial charge in [-0.25, -0.2) is 0 Å². The molecular weight excluding hydrogens is 202 g/mol. The summed E-state index contributed by atoms with van der Waals surface area (Å²) in [6.45, 7) is 0. The Morgan fingerprint density at radius 1 is 1.43 bits per heavy atom. The summed E-state index contributed by atoms with van der Waals surface area (Å²) in [7, 11) is 0. The third-order valence-electron chi connectivity index (χ3n) is 1.86. The third-order valence-corrected chi connectivity index (χ3v) is 2.09. The molecule has 0 atom stereocenters. The Hall–Kier alpha value is -1.79. The van der Waals surface area contributed by atoms with Crippen molar-refractivity contribution in [2.75, 3.05) is 0 Å². The molecule has 0 fully saturated rings. The summed E-state index contributed by atoms with van der Waals surface area (Å²) >= 11 is 5.72. The van der Waals surface area contributed by atoms with Crippen LogP contribution in [0.4, 0.5) is 0 Å². The molecule has 0 bridgehead atoms. The molecule has 68 valence electrons. The highest BCUT2D eigenvalue weighted by atomic mass is 35.5. The molecule has 0 aliphatic rings. The van der Waals surface area contributed by atoms with E-state index in [-0.39, 0.29) is 11.0 Å². The van der Waals surface area contributed by atoms with Crippen LogP contribution in [0.25, 0.3) is 11.0 Å². The van der Waals surface area contributed by atoms with Crippen LogP contribution in [0, 0.1) is 11.3 Å². The first-order valence-corrected chi connectivity index (χ1v) is 4.21. The number of fused-ring (bicyclic) bond motifs is 1. The van der Waals surface area contributed by atoms with E-state index in [4.69, 9.17) is 21.3 Å². The minimum atomic E-state index is -0.328. The molecule has 0 aliphatic carbocycles. The third kappa shape index (κ3) is 1.26. The van der Waals surface area contributed by atoms with Gasteiger partial charge in [0.1, 0.15) is 23.5 Å². The normalized spacial score (nSPS) is 10.0. The molecule has 2 rings (SSSR count). The Balaban J connectivity index is 2.93. The maximum Gasteiger partial charge on any atom is 0.210 e. The zero-order valence-electron chi connectivity index (χ0n) is 6.95. The number of nitrogens with zero attached hydrogens (tertiary/aromatic N) is 1. The topological polar surface area (TPSA) is 54.0 Å². The average Bonchev–Trinajstić information content (AvgIpc) is 2.18. The summed E-state index contributed by atoms with van der Waals surface area (Å²) in [4.78, 5) is 11.5. The highest BCUT2D eigenvalue weighted by Crippen LogP contribution is 2.16. The molecule has 0 amide bonds. The SMILES string of the molecule is N#Cc1coc2cc(Cl)ccc2c1=O. The Bertz CT molecular complexity index is 595. The van der Waals surface area contributed by atoms with E-state index in [1.54, 1.807) is 24.3 Å². The van der Waals surface area contributed by atoms with E-state index in [2.05, 4.69) is 0 Å². The minimum absolute atomic E-state index is 0.000164. The standard InChI is InChI=1S/C10H4ClNO2/c11-7-1-2-8-9(3-7)14-5-6(4-12)10(8)13/h1-3,5H. The fourth-order valence-electron chi connectivity index (χ4n) is 1.18. The van der Waals surface area contributed by atoms with Crippen molar-refractivity contribution >= 4 is 22.6 Å². The van der Waals surface area contributed by atoms with Crippen molar-refractivity contribution in [3.63, 3.8) is 0 Å². The van der Waals surface area contributed by atoms with E-state index in [1.807, 2.05) is 0 Å². The predicted octanol–water partition coefficient (Wildman–Crippen LogP) is 2.32. The van der Waals surface area contributed by atoms with Gasteiger partial charge in [0.2, 0.25) is 5.43 Å². The lowest BCUT2D eigenvalue weighted by Gasteiger charge is -1.96. The van der Waals surface area contributed by atoms with Crippen molar-refractivity contribution in [1.29, 1.82) is 5.26 Å². The van der Waals surface area contributed by atoms with Crippen LogP contribution in [0.3, 0.4) is 0 Å². The van der Waals surface area contributed by atoms with Crippen molar-refractivity contribution < 1.29 is 4.42 Å². The Morgan fingerprint density at radius 2 is 2.21 bits per heavy atom. The minimum Gasteiger partial charge on any atom is -0.463 e. The number of rotatable bonds is 0. The van der Waals surface area contributed by atoms with Crippen molar-refractivity contribution in [2.45, 2.75) is 0 Å². The Morgan fingerprint density at radius 3 is 2.93 bits per heavy atom. The molecule has 3 nitrogen and oxygen atoms in total. The molecule has 1 aromatic heterocycles. The summed E-state index contributed by atoms with van der Waals surface area (Å²) in [5.41, 5.74) is 0.0618. The maximum atomic E-state index is 11.5. The molecular formula is C10H4ClNO2. The average molecular weight is 206 g/mol. The molecule has 2 aromatic rings. The van der Waals surface area contributed by atoms with Crippen molar-refractivity contribution in [3.8, 4) is 6.07 Å². The van der Waals surface area contributed by atoms with Crippen LogP contribution in [0.1, 0.15) is 5.56 Å². The van der Waals surface area contributed by atoms with Gasteiger partial charge in [0.05, 0.1) is 5.39 Å². The van der Waals surface area contributed by atoms with Gasteiger partial charge in [-0.2, -0.15) is 5.26 Å². The highest BCUT2D eigenvalue weighted by Gasteiger charge is 2.05. The Kier molecular flexibility index (Phi) is 1.99. The van der Waals surface area contributed by atoms with E-state index in [0.29, 0.717) is 16.0 Å². The first kappa shape index (κ1) is 8.79. The zero-order valence-corrected chi connectivity index (χ0v) is 7.71. The van der Waals surface area contributed by atoms with Gasteiger partial charge in [-0.15, -0.1) is 0 Å². The number of halogens is 1. The lowest BCUT2D eigenvalue weighted by Crippen LogP contribution is -2.04. The second kappa shape index (κ2) is 3.17. The van der Waals surface area contributed by atoms with Crippen molar-refractivity contribution in [2.24, 2.45) is 0 Å². The van der Waals surface area contributed by atoms with Gasteiger partial charge in [0, 0.05) is 11.1 Å². The number of benzene rings is 1. The molecule has 0 N–H and O–H groups in total. The number of nitriles is 1. The van der Waals surface area contributed by atoms with Gasteiger partial charge in [-0.1, -0.05) is 11.6 Å². The fraction of sp³-hybridized carbons (Fsp3) is 0. The summed E-state index contributed by atoms with van der Waals surface area (Å²) in [6, 6.07) is 6.44. The van der Waals surface area contributed by atoms with Crippen LogP contribution in [-0.2, 0) is 0 Å². The summed E-state index contributed by atoms with van der Waals surface area (Å²) in [6.07, 6.45) is 1.14. The number of hydrogen-bond donors (Lipinski definition) is 0. The predicted molar refractivity (Wildman–Crippen MR) is 52.2 cm³/mol. The van der Waals surface area contributed by atoms with Gasteiger partial charge in [-0.05, 0) is 12.1 Å². The quantitative estimate of drug-likeness (QED) is 0.663. The molecule has 0 saturated carbocycles. The maximum absolute atomic E-state index is 11.5. The van der Waals surface area contributed by atoms with E-state index in [9.17, 15) is 4.79 Å². The van der Waals surface area contributed by atoms with Crippen LogP contribution >= 0.6 is 11.6 Å². The highest BCUT2D eigenvalue weighted by molar-refractivity contribution is 6.31. The fourth-order valence-corrected chi connectivity index (χ4v) is 1.34. The lowest BCUT2D eigenvalue weighted by molar-refractivity contribution is 0.600. The summed E-state index contributed by atoms with van der Waals surface area (Å²) < 4.78 is 5.09. The van der Waals surface area contributed by atoms with E-state index in [1.165, 1.54) is 0 Å². The van der Waals surface area contributed by atoms with Gasteiger partial charge in [0.25, 0.3) is 0 Å². The summed E-state index contributed by atoms with van der Waals surface area (Å²) in [5, 5.41) is 9.46. The van der Waals surface area contributed by atoms with Gasteiger partial charge >= 0.3 is 0 Å². The summed E-state index contributed by atoms with van der Waals surface area (Å²) in [5.74, 6) is 0. The van der Waals surface area contributed by atoms with Gasteiger partial charge in [0.15, 0.2) is 0 Å². The smallest absolute Gasteiger partial charge is 0.210 e. The van der Waals surface area contributed by atoms with Crippen LogP contribution in [0.5, 0.6) is 0 Å². The molecule has 0 unspecified atom stereocenters. The van der Waals surface area contributed by atoms with Gasteiger partial charge < -0.3 is 4.42 Å². The van der Waals surface area contributed by atoms with Crippen molar-refractivity contribution in [1.82, 2.24) is 0 Å². The largest absolute Gasteiger partial charge is 0.463 e. The van der Waals surface area contributed by atoms with Crippen LogP contribution in [-0.4, -0.2) is 0 Å². The van der Waals surface area contributed by atoms with Crippen molar-refractivity contribution in [3.05, 3.63) is 45.3 Å². The first-order chi connectivity index (χ1) is 6.72. The number of hydrogen-bond acceptors (Lipinski definition) is 3. The van der Waals surface area contributed by atoms with Crippen LogP contribution in [0.2, 0.25) is 5.02 Å². The Labute approximate surface area is 84.1 Å². The lowest BCUT2D eigenvalue weighted by atomic mass is 10.2. The van der Waals surface area contributed by atoms with Gasteiger partial charge in [-0.3, -0.25) is 4.79 Å². The second-order valence-corrected chi connectivity index (χ2v) is 3.17. The molecule has 0 aliphatic heterocycles. The zero-order chi connectivity index (χ0) is 10.1. The monoisotopic (exact) mass is 205 g/mol.